The Bertz CT molecular complexity index is 441. The molecule has 1 atom stereocenters. The minimum Gasteiger partial charge on any atom is -0.384 e. The van der Waals surface area contributed by atoms with Gasteiger partial charge in [0, 0.05) is 13.1 Å². The Balaban J connectivity index is 3.24. The predicted octanol–water partition coefficient (Wildman–Crippen LogP) is 2.00. The number of amidine groups is 1. The highest BCUT2D eigenvalue weighted by Crippen LogP contribution is 2.23. The minimum absolute atomic E-state index is 0.0519. The molecule has 0 amide bonds. The Labute approximate surface area is 109 Å². The molecular weight excluding hydrogens is 226 g/mol. The summed E-state index contributed by atoms with van der Waals surface area (Å²) < 4.78 is 0. The first-order valence-corrected chi connectivity index (χ1v) is 6.31. The number of rotatable bonds is 5. The van der Waals surface area contributed by atoms with Gasteiger partial charge in [-0.3, -0.25) is 5.41 Å². The van der Waals surface area contributed by atoms with E-state index in [1.807, 2.05) is 20.9 Å². The molecule has 1 aromatic heterocycles. The summed E-state index contributed by atoms with van der Waals surface area (Å²) in [4.78, 5) is 2.06. The molecule has 3 N–H and O–H groups in total. The third-order valence-electron chi connectivity index (χ3n) is 3.41. The standard InChI is InChI=1S/C13H23N5/c1-6-7-8(2)18(5)13-11(12(14)15)9(3)10(4)16-17-13/h8H,6-7H2,1-5H3,(H3,14,15). The number of anilines is 1. The van der Waals surface area contributed by atoms with Crippen LogP contribution in [0.5, 0.6) is 0 Å². The molecule has 18 heavy (non-hydrogen) atoms. The maximum Gasteiger partial charge on any atom is 0.162 e. The van der Waals surface area contributed by atoms with Crippen LogP contribution >= 0.6 is 0 Å². The molecule has 0 aliphatic heterocycles. The quantitative estimate of drug-likeness (QED) is 0.618. The van der Waals surface area contributed by atoms with E-state index in [1.165, 1.54) is 0 Å². The lowest BCUT2D eigenvalue weighted by Gasteiger charge is -2.27. The van der Waals surface area contributed by atoms with Crippen LogP contribution in [0.2, 0.25) is 0 Å². The maximum absolute atomic E-state index is 7.73. The molecule has 0 aromatic carbocycles. The van der Waals surface area contributed by atoms with Crippen LogP contribution in [0.25, 0.3) is 0 Å². The van der Waals surface area contributed by atoms with Crippen LogP contribution < -0.4 is 10.6 Å². The first kappa shape index (κ1) is 14.4. The third-order valence-corrected chi connectivity index (χ3v) is 3.41. The fourth-order valence-corrected chi connectivity index (χ4v) is 1.99. The lowest BCUT2D eigenvalue weighted by molar-refractivity contribution is 0.607. The van der Waals surface area contributed by atoms with Gasteiger partial charge < -0.3 is 10.6 Å². The molecule has 0 aliphatic rings. The molecule has 5 heteroatoms. The van der Waals surface area contributed by atoms with Crippen molar-refractivity contribution in [3.63, 3.8) is 0 Å². The van der Waals surface area contributed by atoms with Gasteiger partial charge in [-0.2, -0.15) is 5.10 Å². The van der Waals surface area contributed by atoms with Crippen LogP contribution in [0.3, 0.4) is 0 Å². The minimum atomic E-state index is 0.0519. The summed E-state index contributed by atoms with van der Waals surface area (Å²) in [6.45, 7) is 8.11. The Morgan fingerprint density at radius 2 is 2.00 bits per heavy atom. The van der Waals surface area contributed by atoms with Gasteiger partial charge in [-0.05, 0) is 32.8 Å². The molecule has 0 spiro atoms. The molecule has 1 aromatic rings. The van der Waals surface area contributed by atoms with E-state index in [0.29, 0.717) is 17.4 Å². The van der Waals surface area contributed by atoms with Crippen molar-refractivity contribution in [2.75, 3.05) is 11.9 Å². The summed E-state index contributed by atoms with van der Waals surface area (Å²) in [5, 5.41) is 16.1. The smallest absolute Gasteiger partial charge is 0.162 e. The van der Waals surface area contributed by atoms with Crippen molar-refractivity contribution in [2.45, 2.75) is 46.6 Å². The molecule has 100 valence electrons. The predicted molar refractivity (Wildman–Crippen MR) is 75.3 cm³/mol. The number of nitrogens with two attached hydrogens (primary N) is 1. The maximum atomic E-state index is 7.73. The van der Waals surface area contributed by atoms with Crippen LogP contribution in [0, 0.1) is 19.3 Å². The number of nitrogens with zero attached hydrogens (tertiary/aromatic N) is 3. The second kappa shape index (κ2) is 5.80. The fourth-order valence-electron chi connectivity index (χ4n) is 1.99. The monoisotopic (exact) mass is 249 g/mol. The highest BCUT2D eigenvalue weighted by molar-refractivity contribution is 6.01. The molecule has 0 saturated carbocycles. The number of hydrogen-bond acceptors (Lipinski definition) is 4. The van der Waals surface area contributed by atoms with Crippen LogP contribution in [0.4, 0.5) is 5.82 Å². The van der Waals surface area contributed by atoms with Gasteiger partial charge in [0.15, 0.2) is 5.82 Å². The van der Waals surface area contributed by atoms with Gasteiger partial charge >= 0.3 is 0 Å². The molecule has 5 nitrogen and oxygen atoms in total. The first-order chi connectivity index (χ1) is 8.40. The van der Waals surface area contributed by atoms with Crippen LogP contribution in [0.15, 0.2) is 0 Å². The topological polar surface area (TPSA) is 78.9 Å². The zero-order valence-corrected chi connectivity index (χ0v) is 11.9. The lowest BCUT2D eigenvalue weighted by Crippen LogP contribution is -2.32. The van der Waals surface area contributed by atoms with Crippen LogP contribution in [-0.4, -0.2) is 29.1 Å². The van der Waals surface area contributed by atoms with E-state index in [1.54, 1.807) is 0 Å². The molecule has 1 unspecified atom stereocenters. The molecule has 0 saturated heterocycles. The Kier molecular flexibility index (Phi) is 4.64. The second-order valence-electron chi connectivity index (χ2n) is 4.77. The zero-order valence-electron chi connectivity index (χ0n) is 11.9. The number of nitrogen functional groups attached to an aromatic ring is 1. The van der Waals surface area contributed by atoms with Crippen molar-refractivity contribution in [3.8, 4) is 0 Å². The van der Waals surface area contributed by atoms with E-state index in [4.69, 9.17) is 11.1 Å². The highest BCUT2D eigenvalue weighted by Gasteiger charge is 2.19. The van der Waals surface area contributed by atoms with Gasteiger partial charge in [-0.1, -0.05) is 13.3 Å². The molecular formula is C13H23N5. The molecule has 1 heterocycles. The van der Waals surface area contributed by atoms with Gasteiger partial charge in [-0.15, -0.1) is 5.10 Å². The number of aryl methyl sites for hydroxylation is 1. The average molecular weight is 249 g/mol. The molecule has 0 radical (unpaired) electrons. The first-order valence-electron chi connectivity index (χ1n) is 6.31. The summed E-state index contributed by atoms with van der Waals surface area (Å²) in [6, 6.07) is 0.351. The molecule has 0 aliphatic carbocycles. The second-order valence-corrected chi connectivity index (χ2v) is 4.77. The molecule has 1 rings (SSSR count). The van der Waals surface area contributed by atoms with Crippen LogP contribution in [-0.2, 0) is 0 Å². The van der Waals surface area contributed by atoms with E-state index in [-0.39, 0.29) is 5.84 Å². The Hall–Kier alpha value is -1.65. The van der Waals surface area contributed by atoms with Crippen molar-refractivity contribution in [1.82, 2.24) is 10.2 Å². The summed E-state index contributed by atoms with van der Waals surface area (Å²) in [5.74, 6) is 0.752. The van der Waals surface area contributed by atoms with Crippen molar-refractivity contribution in [3.05, 3.63) is 16.8 Å². The fraction of sp³-hybridized carbons (Fsp3) is 0.615. The van der Waals surface area contributed by atoms with Gasteiger partial charge in [0.05, 0.1) is 11.3 Å². The summed E-state index contributed by atoms with van der Waals surface area (Å²) in [7, 11) is 1.98. The SMILES string of the molecule is CCCC(C)N(C)c1nnc(C)c(C)c1C(=N)N. The highest BCUT2D eigenvalue weighted by atomic mass is 15.3. The largest absolute Gasteiger partial charge is 0.384 e. The van der Waals surface area contributed by atoms with Crippen molar-refractivity contribution >= 4 is 11.7 Å². The zero-order chi connectivity index (χ0) is 13.9. The van der Waals surface area contributed by atoms with E-state index in [2.05, 4.69) is 28.9 Å². The third kappa shape index (κ3) is 2.78. The number of aromatic nitrogens is 2. The average Bonchev–Trinajstić information content (AvgIpc) is 2.31. The van der Waals surface area contributed by atoms with Crippen molar-refractivity contribution in [2.24, 2.45) is 5.73 Å². The van der Waals surface area contributed by atoms with Gasteiger partial charge in [0.25, 0.3) is 0 Å². The van der Waals surface area contributed by atoms with E-state index >= 15 is 0 Å². The Morgan fingerprint density at radius 3 is 2.50 bits per heavy atom. The van der Waals surface area contributed by atoms with Crippen LogP contribution in [0.1, 0.15) is 43.5 Å². The van der Waals surface area contributed by atoms with E-state index < -0.39 is 0 Å². The summed E-state index contributed by atoms with van der Waals surface area (Å²) in [5.41, 5.74) is 8.14. The van der Waals surface area contributed by atoms with Crippen molar-refractivity contribution < 1.29 is 0 Å². The van der Waals surface area contributed by atoms with E-state index in [0.717, 1.165) is 24.1 Å². The van der Waals surface area contributed by atoms with Crippen molar-refractivity contribution in [1.29, 1.82) is 5.41 Å². The molecule has 0 fully saturated rings. The van der Waals surface area contributed by atoms with E-state index in [9.17, 15) is 0 Å². The lowest BCUT2D eigenvalue weighted by atomic mass is 10.1. The van der Waals surface area contributed by atoms with Gasteiger partial charge in [-0.25, -0.2) is 0 Å². The molecule has 0 bridgehead atoms. The summed E-state index contributed by atoms with van der Waals surface area (Å²) >= 11 is 0. The Morgan fingerprint density at radius 1 is 1.39 bits per heavy atom. The number of nitrogens with one attached hydrogen (secondary N) is 1. The van der Waals surface area contributed by atoms with Gasteiger partial charge in [0.2, 0.25) is 0 Å². The number of hydrogen-bond donors (Lipinski definition) is 2. The summed E-state index contributed by atoms with van der Waals surface area (Å²) in [6.07, 6.45) is 2.18. The normalized spacial score (nSPS) is 12.3. The van der Waals surface area contributed by atoms with Gasteiger partial charge in [0.1, 0.15) is 5.84 Å².